The molecule has 2 heteroatoms. The topological polar surface area (TPSA) is 37.3 Å². The summed E-state index contributed by atoms with van der Waals surface area (Å²) in [5, 5.41) is 8.89. The Kier molecular flexibility index (Phi) is 2.45. The fourth-order valence-electron chi connectivity index (χ4n) is 1.73. The van der Waals surface area contributed by atoms with Crippen molar-refractivity contribution in [3.8, 4) is 0 Å². The van der Waals surface area contributed by atoms with E-state index in [1.54, 1.807) is 0 Å². The van der Waals surface area contributed by atoms with Crippen molar-refractivity contribution in [1.82, 2.24) is 0 Å². The molecule has 11 heavy (non-hydrogen) atoms. The minimum Gasteiger partial charge on any atom is -0.396 e. The third kappa shape index (κ3) is 1.51. The average molecular weight is 154 g/mol. The number of carbonyl (C=O) groups excluding carboxylic acids is 1. The number of aliphatic hydroxyl groups is 1. The second-order valence-electron chi connectivity index (χ2n) is 3.25. The number of allylic oxidation sites excluding steroid dienone is 1. The lowest BCUT2D eigenvalue weighted by Crippen LogP contribution is -2.19. The number of hydrogen-bond donors (Lipinski definition) is 1. The van der Waals surface area contributed by atoms with Crippen LogP contribution >= 0.6 is 0 Å². The molecule has 1 rings (SSSR count). The van der Waals surface area contributed by atoms with Gasteiger partial charge in [0.05, 0.1) is 6.61 Å². The summed E-state index contributed by atoms with van der Waals surface area (Å²) in [6, 6.07) is 0. The second-order valence-corrected chi connectivity index (χ2v) is 3.25. The van der Waals surface area contributed by atoms with Crippen molar-refractivity contribution in [2.45, 2.75) is 19.8 Å². The monoisotopic (exact) mass is 154 g/mol. The predicted molar refractivity (Wildman–Crippen MR) is 43.1 cm³/mol. The van der Waals surface area contributed by atoms with Crippen molar-refractivity contribution in [3.63, 3.8) is 0 Å². The van der Waals surface area contributed by atoms with E-state index < -0.39 is 0 Å². The summed E-state index contributed by atoms with van der Waals surface area (Å²) in [5.41, 5.74) is 1.02. The van der Waals surface area contributed by atoms with E-state index in [0.717, 1.165) is 12.0 Å². The Hall–Kier alpha value is -0.630. The minimum atomic E-state index is -0.160. The van der Waals surface area contributed by atoms with Gasteiger partial charge in [-0.3, -0.25) is 4.79 Å². The van der Waals surface area contributed by atoms with E-state index in [-0.39, 0.29) is 24.2 Å². The molecular weight excluding hydrogens is 140 g/mol. The molecule has 1 aliphatic rings. The van der Waals surface area contributed by atoms with E-state index in [1.165, 1.54) is 0 Å². The van der Waals surface area contributed by atoms with Crippen LogP contribution in [0.5, 0.6) is 0 Å². The van der Waals surface area contributed by atoms with Gasteiger partial charge in [-0.15, -0.1) is 0 Å². The van der Waals surface area contributed by atoms with Crippen molar-refractivity contribution in [2.75, 3.05) is 6.61 Å². The molecule has 0 amide bonds. The van der Waals surface area contributed by atoms with Gasteiger partial charge in [0, 0.05) is 12.3 Å². The van der Waals surface area contributed by atoms with Gasteiger partial charge in [-0.1, -0.05) is 12.2 Å². The average Bonchev–Trinajstić information content (AvgIpc) is 2.30. The van der Waals surface area contributed by atoms with Crippen LogP contribution in [0.1, 0.15) is 19.8 Å². The smallest absolute Gasteiger partial charge is 0.138 e. The van der Waals surface area contributed by atoms with Gasteiger partial charge in [0.25, 0.3) is 0 Å². The van der Waals surface area contributed by atoms with Crippen LogP contribution in [0.25, 0.3) is 0 Å². The maximum atomic E-state index is 11.1. The first-order valence-corrected chi connectivity index (χ1v) is 3.95. The molecule has 0 aromatic carbocycles. The lowest BCUT2D eigenvalue weighted by molar-refractivity contribution is -0.122. The molecule has 1 N–H and O–H groups in total. The third-order valence-corrected chi connectivity index (χ3v) is 2.43. The van der Waals surface area contributed by atoms with Crippen molar-refractivity contribution >= 4 is 5.78 Å². The molecular formula is C9H14O2. The van der Waals surface area contributed by atoms with Crippen LogP contribution < -0.4 is 0 Å². The van der Waals surface area contributed by atoms with E-state index in [2.05, 4.69) is 6.58 Å². The van der Waals surface area contributed by atoms with Gasteiger partial charge in [-0.2, -0.15) is 0 Å². The molecule has 0 radical (unpaired) electrons. The SMILES string of the molecule is C=C(C)C1CCC(=O)C1CO. The Bertz CT molecular complexity index is 184. The van der Waals surface area contributed by atoms with Gasteiger partial charge in [-0.25, -0.2) is 0 Å². The zero-order chi connectivity index (χ0) is 8.43. The maximum Gasteiger partial charge on any atom is 0.138 e. The highest BCUT2D eigenvalue weighted by Gasteiger charge is 2.33. The highest BCUT2D eigenvalue weighted by Crippen LogP contribution is 2.32. The zero-order valence-corrected chi connectivity index (χ0v) is 6.84. The van der Waals surface area contributed by atoms with Crippen LogP contribution in [0.15, 0.2) is 12.2 Å². The summed E-state index contributed by atoms with van der Waals surface area (Å²) in [7, 11) is 0. The number of aliphatic hydroxyl groups excluding tert-OH is 1. The quantitative estimate of drug-likeness (QED) is 0.606. The predicted octanol–water partition coefficient (Wildman–Crippen LogP) is 1.15. The van der Waals surface area contributed by atoms with E-state index >= 15 is 0 Å². The Balaban J connectivity index is 2.68. The maximum absolute atomic E-state index is 11.1. The molecule has 0 aromatic heterocycles. The summed E-state index contributed by atoms with van der Waals surface area (Å²) in [5.74, 6) is 0.264. The summed E-state index contributed by atoms with van der Waals surface area (Å²) >= 11 is 0. The highest BCUT2D eigenvalue weighted by molar-refractivity contribution is 5.84. The molecule has 2 unspecified atom stereocenters. The van der Waals surface area contributed by atoms with Crippen LogP contribution in [-0.4, -0.2) is 17.5 Å². The number of hydrogen-bond acceptors (Lipinski definition) is 2. The fourth-order valence-corrected chi connectivity index (χ4v) is 1.73. The Labute approximate surface area is 66.9 Å². The molecule has 2 atom stereocenters. The molecule has 0 saturated heterocycles. The molecule has 0 heterocycles. The van der Waals surface area contributed by atoms with E-state index in [0.29, 0.717) is 6.42 Å². The van der Waals surface area contributed by atoms with E-state index in [1.807, 2.05) is 6.92 Å². The van der Waals surface area contributed by atoms with Crippen molar-refractivity contribution in [2.24, 2.45) is 11.8 Å². The molecule has 1 aliphatic carbocycles. The molecule has 62 valence electrons. The second kappa shape index (κ2) is 3.18. The van der Waals surface area contributed by atoms with Gasteiger partial charge in [0.15, 0.2) is 0 Å². The fraction of sp³-hybridized carbons (Fsp3) is 0.667. The third-order valence-electron chi connectivity index (χ3n) is 2.43. The molecule has 0 aromatic rings. The van der Waals surface area contributed by atoms with Crippen LogP contribution in [0.3, 0.4) is 0 Å². The Morgan fingerprint density at radius 2 is 2.45 bits per heavy atom. The summed E-state index contributed by atoms with van der Waals surface area (Å²) in [4.78, 5) is 11.1. The molecule has 0 aliphatic heterocycles. The lowest BCUT2D eigenvalue weighted by Gasteiger charge is -2.15. The lowest BCUT2D eigenvalue weighted by atomic mass is 9.91. The Morgan fingerprint density at radius 1 is 1.82 bits per heavy atom. The van der Waals surface area contributed by atoms with E-state index in [4.69, 9.17) is 5.11 Å². The standard InChI is InChI=1S/C9H14O2/c1-6(2)7-3-4-9(11)8(7)5-10/h7-8,10H,1,3-5H2,2H3. The first-order chi connectivity index (χ1) is 5.16. The molecule has 0 spiro atoms. The molecule has 1 fully saturated rings. The summed E-state index contributed by atoms with van der Waals surface area (Å²) in [6.07, 6.45) is 1.49. The number of carbonyl (C=O) groups is 1. The van der Waals surface area contributed by atoms with E-state index in [9.17, 15) is 4.79 Å². The normalized spacial score (nSPS) is 30.9. The van der Waals surface area contributed by atoms with Gasteiger partial charge >= 0.3 is 0 Å². The van der Waals surface area contributed by atoms with Crippen molar-refractivity contribution in [3.05, 3.63) is 12.2 Å². The molecule has 2 nitrogen and oxygen atoms in total. The molecule has 0 bridgehead atoms. The zero-order valence-electron chi connectivity index (χ0n) is 6.84. The van der Waals surface area contributed by atoms with Gasteiger partial charge < -0.3 is 5.11 Å². The highest BCUT2D eigenvalue weighted by atomic mass is 16.3. The number of ketones is 1. The first kappa shape index (κ1) is 8.47. The van der Waals surface area contributed by atoms with Crippen LogP contribution in [0, 0.1) is 11.8 Å². The number of rotatable bonds is 2. The number of Topliss-reactive ketones (excluding diaryl/α,β-unsaturated/α-hetero) is 1. The van der Waals surface area contributed by atoms with Gasteiger partial charge in [0.2, 0.25) is 0 Å². The van der Waals surface area contributed by atoms with Gasteiger partial charge in [-0.05, 0) is 19.3 Å². The summed E-state index contributed by atoms with van der Waals surface area (Å²) < 4.78 is 0. The summed E-state index contributed by atoms with van der Waals surface area (Å²) in [6.45, 7) is 5.71. The van der Waals surface area contributed by atoms with Gasteiger partial charge in [0.1, 0.15) is 5.78 Å². The Morgan fingerprint density at radius 3 is 2.82 bits per heavy atom. The largest absolute Gasteiger partial charge is 0.396 e. The first-order valence-electron chi connectivity index (χ1n) is 3.95. The van der Waals surface area contributed by atoms with Crippen LogP contribution in [0.4, 0.5) is 0 Å². The minimum absolute atomic E-state index is 0.0175. The van der Waals surface area contributed by atoms with Crippen LogP contribution in [-0.2, 0) is 4.79 Å². The van der Waals surface area contributed by atoms with Crippen LogP contribution in [0.2, 0.25) is 0 Å². The van der Waals surface area contributed by atoms with Crippen molar-refractivity contribution < 1.29 is 9.90 Å². The van der Waals surface area contributed by atoms with Crippen molar-refractivity contribution in [1.29, 1.82) is 0 Å². The molecule has 1 saturated carbocycles.